The third-order valence-corrected chi connectivity index (χ3v) is 3.06. The van der Waals surface area contributed by atoms with Crippen molar-refractivity contribution < 1.29 is 14.6 Å². The van der Waals surface area contributed by atoms with Gasteiger partial charge in [-0.2, -0.15) is 0 Å². The topological polar surface area (TPSA) is 46.5 Å². The largest absolute Gasteiger partial charge is 0.481 e. The Morgan fingerprint density at radius 2 is 2.07 bits per heavy atom. The molecule has 0 aromatic heterocycles. The lowest BCUT2D eigenvalue weighted by Crippen LogP contribution is -1.98. The molecule has 0 heterocycles. The highest BCUT2D eigenvalue weighted by Crippen LogP contribution is 2.21. The lowest BCUT2D eigenvalue weighted by molar-refractivity contribution is -0.133. The number of carboxylic acids is 1. The normalized spacial score (nSPS) is 12.4. The van der Waals surface area contributed by atoms with Crippen molar-refractivity contribution in [3.8, 4) is 0 Å². The van der Waals surface area contributed by atoms with Crippen molar-refractivity contribution in [1.82, 2.24) is 0 Å². The summed E-state index contributed by atoms with van der Waals surface area (Å²) in [6.45, 7) is 1.97. The first kappa shape index (κ1) is 12.1. The number of hydrogen-bond donors (Lipinski definition) is 1. The molecule has 4 heteroatoms. The van der Waals surface area contributed by atoms with Crippen molar-refractivity contribution in [3.05, 3.63) is 29.8 Å². The summed E-state index contributed by atoms with van der Waals surface area (Å²) in [6, 6.07) is 7.74. The lowest BCUT2D eigenvalue weighted by atomic mass is 10.1. The van der Waals surface area contributed by atoms with Crippen LogP contribution in [0.1, 0.15) is 18.6 Å². The van der Waals surface area contributed by atoms with Crippen LogP contribution in [0, 0.1) is 0 Å². The molecule has 0 aliphatic carbocycles. The predicted molar refractivity (Wildman–Crippen MR) is 60.2 cm³/mol. The van der Waals surface area contributed by atoms with Gasteiger partial charge in [-0.05, 0) is 24.6 Å². The van der Waals surface area contributed by atoms with Gasteiger partial charge in [-0.1, -0.05) is 12.1 Å². The van der Waals surface area contributed by atoms with Gasteiger partial charge in [-0.25, -0.2) is 0 Å². The third kappa shape index (κ3) is 3.93. The van der Waals surface area contributed by atoms with E-state index in [-0.39, 0.29) is 11.9 Å². The van der Waals surface area contributed by atoms with Crippen molar-refractivity contribution >= 4 is 17.7 Å². The number of benzene rings is 1. The molecule has 0 amide bonds. The third-order valence-electron chi connectivity index (χ3n) is 2.07. The van der Waals surface area contributed by atoms with Gasteiger partial charge >= 0.3 is 5.97 Å². The maximum atomic E-state index is 10.4. The predicted octanol–water partition coefficient (Wildman–Crippen LogP) is 2.57. The molecule has 82 valence electrons. The highest BCUT2D eigenvalue weighted by atomic mass is 32.2. The molecule has 1 atom stereocenters. The molecule has 1 aromatic carbocycles. The van der Waals surface area contributed by atoms with E-state index in [1.165, 1.54) is 11.8 Å². The van der Waals surface area contributed by atoms with Gasteiger partial charge in [-0.3, -0.25) is 4.79 Å². The Morgan fingerprint density at radius 1 is 1.47 bits per heavy atom. The molecule has 0 saturated heterocycles. The zero-order chi connectivity index (χ0) is 11.3. The standard InChI is InChI=1S/C11H14O3S/c1-8(14-2)9-3-5-10(6-4-9)15-7-11(12)13/h3-6,8H,7H2,1-2H3,(H,12,13). The zero-order valence-electron chi connectivity index (χ0n) is 8.77. The minimum Gasteiger partial charge on any atom is -0.481 e. The number of rotatable bonds is 5. The van der Waals surface area contributed by atoms with E-state index in [0.29, 0.717) is 0 Å². The molecule has 1 N–H and O–H groups in total. The minimum absolute atomic E-state index is 0.0727. The Bertz CT molecular complexity index is 321. The first-order valence-corrected chi connectivity index (χ1v) is 5.59. The summed E-state index contributed by atoms with van der Waals surface area (Å²) in [5, 5.41) is 8.51. The minimum atomic E-state index is -0.797. The van der Waals surface area contributed by atoms with E-state index >= 15 is 0 Å². The quantitative estimate of drug-likeness (QED) is 0.784. The fourth-order valence-corrected chi connectivity index (χ4v) is 1.73. The summed E-state index contributed by atoms with van der Waals surface area (Å²) in [4.78, 5) is 11.3. The van der Waals surface area contributed by atoms with Gasteiger partial charge in [-0.15, -0.1) is 11.8 Å². The van der Waals surface area contributed by atoms with E-state index in [9.17, 15) is 4.79 Å². The van der Waals surface area contributed by atoms with Gasteiger partial charge in [0.1, 0.15) is 0 Å². The number of thioether (sulfide) groups is 1. The molecule has 0 fully saturated rings. The fraction of sp³-hybridized carbons (Fsp3) is 0.364. The van der Waals surface area contributed by atoms with Crippen LogP contribution in [-0.4, -0.2) is 23.9 Å². The van der Waals surface area contributed by atoms with Gasteiger partial charge in [0.05, 0.1) is 11.9 Å². The van der Waals surface area contributed by atoms with Crippen LogP contribution in [0.3, 0.4) is 0 Å². The molecule has 15 heavy (non-hydrogen) atoms. The Hall–Kier alpha value is -1.00. The molecular weight excluding hydrogens is 212 g/mol. The first-order chi connectivity index (χ1) is 7.13. The van der Waals surface area contributed by atoms with Crippen LogP contribution in [0.5, 0.6) is 0 Å². The van der Waals surface area contributed by atoms with Crippen molar-refractivity contribution in [2.24, 2.45) is 0 Å². The van der Waals surface area contributed by atoms with Crippen LogP contribution in [0.25, 0.3) is 0 Å². The molecular formula is C11H14O3S. The average Bonchev–Trinajstić information content (AvgIpc) is 2.26. The van der Waals surface area contributed by atoms with Crippen molar-refractivity contribution in [2.45, 2.75) is 17.9 Å². The van der Waals surface area contributed by atoms with Crippen molar-refractivity contribution in [2.75, 3.05) is 12.9 Å². The SMILES string of the molecule is COC(C)c1ccc(SCC(=O)O)cc1. The second-order valence-electron chi connectivity index (χ2n) is 3.13. The van der Waals surface area contributed by atoms with Crippen molar-refractivity contribution in [1.29, 1.82) is 0 Å². The van der Waals surface area contributed by atoms with E-state index in [1.807, 2.05) is 31.2 Å². The molecule has 1 rings (SSSR count). The first-order valence-electron chi connectivity index (χ1n) is 4.61. The van der Waals surface area contributed by atoms with Crippen LogP contribution in [0.2, 0.25) is 0 Å². The maximum Gasteiger partial charge on any atom is 0.313 e. The number of ether oxygens (including phenoxy) is 1. The second kappa shape index (κ2) is 5.78. The molecule has 3 nitrogen and oxygen atoms in total. The Balaban J connectivity index is 2.60. The molecule has 0 bridgehead atoms. The van der Waals surface area contributed by atoms with E-state index in [4.69, 9.17) is 9.84 Å². The summed E-state index contributed by atoms with van der Waals surface area (Å²) >= 11 is 1.32. The Kier molecular flexibility index (Phi) is 4.65. The van der Waals surface area contributed by atoms with Crippen molar-refractivity contribution in [3.63, 3.8) is 0 Å². The fourth-order valence-electron chi connectivity index (χ4n) is 1.12. The smallest absolute Gasteiger partial charge is 0.313 e. The number of methoxy groups -OCH3 is 1. The Morgan fingerprint density at radius 3 is 2.53 bits per heavy atom. The van der Waals surface area contributed by atoms with Crippen LogP contribution in [-0.2, 0) is 9.53 Å². The van der Waals surface area contributed by atoms with Gasteiger partial charge in [0.25, 0.3) is 0 Å². The average molecular weight is 226 g/mol. The zero-order valence-corrected chi connectivity index (χ0v) is 9.58. The number of hydrogen-bond acceptors (Lipinski definition) is 3. The molecule has 0 saturated carbocycles. The van der Waals surface area contributed by atoms with E-state index < -0.39 is 5.97 Å². The van der Waals surface area contributed by atoms with Gasteiger partial charge in [0.2, 0.25) is 0 Å². The van der Waals surface area contributed by atoms with Gasteiger partial charge < -0.3 is 9.84 Å². The van der Waals surface area contributed by atoms with Crippen LogP contribution < -0.4 is 0 Å². The summed E-state index contributed by atoms with van der Waals surface area (Å²) in [7, 11) is 1.66. The monoisotopic (exact) mass is 226 g/mol. The highest BCUT2D eigenvalue weighted by molar-refractivity contribution is 8.00. The van der Waals surface area contributed by atoms with Gasteiger partial charge in [0.15, 0.2) is 0 Å². The van der Waals surface area contributed by atoms with Crippen LogP contribution in [0.15, 0.2) is 29.2 Å². The summed E-state index contributed by atoms with van der Waals surface area (Å²) in [5.41, 5.74) is 1.09. The number of aliphatic carboxylic acids is 1. The molecule has 0 spiro atoms. The molecule has 0 aliphatic rings. The molecule has 0 radical (unpaired) electrons. The molecule has 0 aliphatic heterocycles. The number of carbonyl (C=O) groups is 1. The number of carboxylic acid groups (broad SMARTS) is 1. The van der Waals surface area contributed by atoms with Gasteiger partial charge in [0, 0.05) is 12.0 Å². The van der Waals surface area contributed by atoms with E-state index in [2.05, 4.69) is 0 Å². The highest BCUT2D eigenvalue weighted by Gasteiger charge is 2.04. The van der Waals surface area contributed by atoms with E-state index in [0.717, 1.165) is 10.5 Å². The Labute approximate surface area is 93.4 Å². The lowest BCUT2D eigenvalue weighted by Gasteiger charge is -2.09. The van der Waals surface area contributed by atoms with E-state index in [1.54, 1.807) is 7.11 Å². The van der Waals surface area contributed by atoms with Crippen LogP contribution in [0.4, 0.5) is 0 Å². The molecule has 1 aromatic rings. The second-order valence-corrected chi connectivity index (χ2v) is 4.18. The summed E-state index contributed by atoms with van der Waals surface area (Å²) < 4.78 is 5.17. The summed E-state index contributed by atoms with van der Waals surface area (Å²) in [5.74, 6) is -0.701. The molecule has 1 unspecified atom stereocenters. The summed E-state index contributed by atoms with van der Waals surface area (Å²) in [6.07, 6.45) is 0.0727. The van der Waals surface area contributed by atoms with Crippen LogP contribution >= 0.6 is 11.8 Å². The maximum absolute atomic E-state index is 10.4.